The number of benzene rings is 2. The van der Waals surface area contributed by atoms with Crippen LogP contribution in [0.3, 0.4) is 0 Å². The lowest BCUT2D eigenvalue weighted by Gasteiger charge is -2.07. The van der Waals surface area contributed by atoms with Crippen LogP contribution in [0.15, 0.2) is 42.5 Å². The topological polar surface area (TPSA) is 0 Å². The standard InChI is InChI=1S/C17H16/c1-4-13-14-7-5-6-8-15(14)16-10-11(2)9-12(3)17(13)16/h4-10H,1-3H3/b13-4-. The summed E-state index contributed by atoms with van der Waals surface area (Å²) in [6.07, 6.45) is 2.23. The highest BCUT2D eigenvalue weighted by atomic mass is 14.3. The molecule has 2 aromatic carbocycles. The van der Waals surface area contributed by atoms with Gasteiger partial charge in [-0.2, -0.15) is 0 Å². The zero-order valence-electron chi connectivity index (χ0n) is 10.5. The van der Waals surface area contributed by atoms with E-state index in [4.69, 9.17) is 0 Å². The summed E-state index contributed by atoms with van der Waals surface area (Å²) in [6, 6.07) is 13.3. The normalized spacial score (nSPS) is 14.9. The molecule has 0 aromatic heterocycles. The zero-order valence-corrected chi connectivity index (χ0v) is 10.5. The van der Waals surface area contributed by atoms with Gasteiger partial charge in [0.2, 0.25) is 0 Å². The van der Waals surface area contributed by atoms with Gasteiger partial charge < -0.3 is 0 Å². The Hall–Kier alpha value is -1.82. The average molecular weight is 220 g/mol. The lowest BCUT2D eigenvalue weighted by molar-refractivity contribution is 1.37. The van der Waals surface area contributed by atoms with Crippen LogP contribution < -0.4 is 0 Å². The molecule has 17 heavy (non-hydrogen) atoms. The molecule has 1 aliphatic rings. The van der Waals surface area contributed by atoms with E-state index in [1.165, 1.54) is 39.0 Å². The summed E-state index contributed by atoms with van der Waals surface area (Å²) < 4.78 is 0. The Morgan fingerprint density at radius 3 is 2.29 bits per heavy atom. The van der Waals surface area contributed by atoms with Gasteiger partial charge in [-0.3, -0.25) is 0 Å². The summed E-state index contributed by atoms with van der Waals surface area (Å²) in [7, 11) is 0. The molecule has 0 saturated heterocycles. The fourth-order valence-corrected chi connectivity index (χ4v) is 2.92. The molecule has 0 unspecified atom stereocenters. The number of fused-ring (bicyclic) bond motifs is 3. The minimum Gasteiger partial charge on any atom is -0.0791 e. The Labute approximate surface area is 103 Å². The lowest BCUT2D eigenvalue weighted by atomic mass is 9.97. The van der Waals surface area contributed by atoms with Crippen molar-refractivity contribution in [2.75, 3.05) is 0 Å². The van der Waals surface area contributed by atoms with Gasteiger partial charge in [-0.1, -0.05) is 48.0 Å². The molecule has 2 aromatic rings. The van der Waals surface area contributed by atoms with Crippen LogP contribution >= 0.6 is 0 Å². The summed E-state index contributed by atoms with van der Waals surface area (Å²) in [6.45, 7) is 6.51. The van der Waals surface area contributed by atoms with Crippen LogP contribution in [0.25, 0.3) is 16.7 Å². The maximum Gasteiger partial charge on any atom is -0.00728 e. The molecule has 1 aliphatic carbocycles. The summed E-state index contributed by atoms with van der Waals surface area (Å²) in [4.78, 5) is 0. The summed E-state index contributed by atoms with van der Waals surface area (Å²) >= 11 is 0. The largest absolute Gasteiger partial charge is 0.0791 e. The fraction of sp³-hybridized carbons (Fsp3) is 0.176. The third-order valence-electron chi connectivity index (χ3n) is 3.55. The van der Waals surface area contributed by atoms with E-state index in [1.54, 1.807) is 0 Å². The van der Waals surface area contributed by atoms with Crippen molar-refractivity contribution in [2.45, 2.75) is 20.8 Å². The highest BCUT2D eigenvalue weighted by Gasteiger charge is 2.23. The van der Waals surface area contributed by atoms with E-state index >= 15 is 0 Å². The molecule has 3 rings (SSSR count). The van der Waals surface area contributed by atoms with Gasteiger partial charge in [0.15, 0.2) is 0 Å². The molecule has 0 nitrogen and oxygen atoms in total. The predicted molar refractivity (Wildman–Crippen MR) is 74.1 cm³/mol. The van der Waals surface area contributed by atoms with E-state index in [-0.39, 0.29) is 0 Å². The fourth-order valence-electron chi connectivity index (χ4n) is 2.92. The van der Waals surface area contributed by atoms with Gasteiger partial charge >= 0.3 is 0 Å². The number of hydrogen-bond donors (Lipinski definition) is 0. The van der Waals surface area contributed by atoms with Gasteiger partial charge in [-0.25, -0.2) is 0 Å². The molecule has 0 amide bonds. The van der Waals surface area contributed by atoms with Crippen molar-refractivity contribution in [3.05, 3.63) is 64.7 Å². The smallest absolute Gasteiger partial charge is 0.00728 e. The van der Waals surface area contributed by atoms with E-state index in [1.807, 2.05) is 0 Å². The summed E-state index contributed by atoms with van der Waals surface area (Å²) in [5.41, 5.74) is 9.66. The molecule has 0 fully saturated rings. The first kappa shape index (κ1) is 10.3. The van der Waals surface area contributed by atoms with E-state index < -0.39 is 0 Å². The van der Waals surface area contributed by atoms with Crippen LogP contribution in [-0.4, -0.2) is 0 Å². The van der Waals surface area contributed by atoms with Crippen molar-refractivity contribution < 1.29 is 0 Å². The highest BCUT2D eigenvalue weighted by molar-refractivity contribution is 6.02. The molecule has 0 radical (unpaired) electrons. The summed E-state index contributed by atoms with van der Waals surface area (Å²) in [5.74, 6) is 0. The van der Waals surface area contributed by atoms with Crippen molar-refractivity contribution in [2.24, 2.45) is 0 Å². The Morgan fingerprint density at radius 1 is 0.882 bits per heavy atom. The van der Waals surface area contributed by atoms with E-state index in [0.717, 1.165) is 0 Å². The zero-order chi connectivity index (χ0) is 12.0. The second-order valence-corrected chi connectivity index (χ2v) is 4.75. The summed E-state index contributed by atoms with van der Waals surface area (Å²) in [5, 5.41) is 0. The molecule has 0 spiro atoms. The molecular weight excluding hydrogens is 204 g/mol. The van der Waals surface area contributed by atoms with E-state index in [0.29, 0.717) is 0 Å². The van der Waals surface area contributed by atoms with E-state index in [9.17, 15) is 0 Å². The molecule has 0 heteroatoms. The van der Waals surface area contributed by atoms with Crippen molar-refractivity contribution >= 4 is 5.57 Å². The first-order chi connectivity index (χ1) is 8.22. The van der Waals surface area contributed by atoms with Crippen LogP contribution in [0, 0.1) is 13.8 Å². The Bertz CT molecular complexity index is 630. The highest BCUT2D eigenvalue weighted by Crippen LogP contribution is 2.45. The molecule has 0 N–H and O–H groups in total. The van der Waals surface area contributed by atoms with Gasteiger partial charge in [-0.05, 0) is 54.2 Å². The van der Waals surface area contributed by atoms with Crippen LogP contribution in [0.4, 0.5) is 0 Å². The first-order valence-corrected chi connectivity index (χ1v) is 6.10. The Morgan fingerprint density at radius 2 is 1.59 bits per heavy atom. The molecular formula is C17H16. The number of rotatable bonds is 0. The lowest BCUT2D eigenvalue weighted by Crippen LogP contribution is -1.87. The monoisotopic (exact) mass is 220 g/mol. The third kappa shape index (κ3) is 1.37. The van der Waals surface area contributed by atoms with Crippen molar-refractivity contribution in [1.29, 1.82) is 0 Å². The molecule has 0 atom stereocenters. The van der Waals surface area contributed by atoms with Crippen molar-refractivity contribution in [3.63, 3.8) is 0 Å². The Balaban J connectivity index is 2.44. The van der Waals surface area contributed by atoms with Gasteiger partial charge in [0.1, 0.15) is 0 Å². The van der Waals surface area contributed by atoms with Gasteiger partial charge in [-0.15, -0.1) is 0 Å². The second kappa shape index (κ2) is 3.59. The molecule has 0 saturated carbocycles. The predicted octanol–water partition coefficient (Wildman–Crippen LogP) is 4.74. The molecule has 0 heterocycles. The van der Waals surface area contributed by atoms with Crippen molar-refractivity contribution in [3.8, 4) is 11.1 Å². The van der Waals surface area contributed by atoms with Crippen LogP contribution in [0.5, 0.6) is 0 Å². The van der Waals surface area contributed by atoms with Crippen LogP contribution in [0.2, 0.25) is 0 Å². The second-order valence-electron chi connectivity index (χ2n) is 4.75. The Kier molecular flexibility index (Phi) is 2.19. The van der Waals surface area contributed by atoms with Crippen LogP contribution in [0.1, 0.15) is 29.2 Å². The van der Waals surface area contributed by atoms with E-state index in [2.05, 4.69) is 63.2 Å². The number of aryl methyl sites for hydroxylation is 2. The maximum absolute atomic E-state index is 2.30. The van der Waals surface area contributed by atoms with Gasteiger partial charge in [0.05, 0.1) is 0 Å². The number of allylic oxidation sites excluding steroid dienone is 1. The molecule has 0 bridgehead atoms. The van der Waals surface area contributed by atoms with Crippen LogP contribution in [-0.2, 0) is 0 Å². The van der Waals surface area contributed by atoms with Gasteiger partial charge in [0.25, 0.3) is 0 Å². The number of hydrogen-bond acceptors (Lipinski definition) is 0. The first-order valence-electron chi connectivity index (χ1n) is 6.10. The minimum atomic E-state index is 1.34. The van der Waals surface area contributed by atoms with Gasteiger partial charge in [0, 0.05) is 0 Å². The molecule has 0 aliphatic heterocycles. The minimum absolute atomic E-state index is 1.34. The quantitative estimate of drug-likeness (QED) is 0.513. The SMILES string of the molecule is C/C=C1/c2ccccc2-c2cc(C)cc(C)c21. The average Bonchev–Trinajstić information content (AvgIpc) is 2.63. The molecule has 84 valence electrons. The van der Waals surface area contributed by atoms with Crippen molar-refractivity contribution in [1.82, 2.24) is 0 Å². The maximum atomic E-state index is 2.30. The third-order valence-corrected chi connectivity index (χ3v) is 3.55.